The van der Waals surface area contributed by atoms with Gasteiger partial charge in [0, 0.05) is 0 Å². The molecule has 0 atom stereocenters. The Bertz CT molecular complexity index is 177. The monoisotopic (exact) mass is 270 g/mol. The van der Waals surface area contributed by atoms with E-state index in [-0.39, 0.29) is 0 Å². The third kappa shape index (κ3) is 3.98. The van der Waals surface area contributed by atoms with Crippen molar-refractivity contribution in [2.75, 3.05) is 0 Å². The van der Waals surface area contributed by atoms with Crippen LogP contribution >= 0.6 is 0 Å². The van der Waals surface area contributed by atoms with E-state index in [1.54, 1.807) is 0 Å². The molecule has 0 N–H and O–H groups in total. The first-order valence-electron chi connectivity index (χ1n) is 6.95. The topological polar surface area (TPSA) is 0 Å². The summed E-state index contributed by atoms with van der Waals surface area (Å²) in [4.78, 5) is 2.73. The first-order valence-corrected chi connectivity index (χ1v) is 12.6. The molecule has 0 nitrogen and oxygen atoms in total. The number of hydrogen-bond donors (Lipinski definition) is 0. The molecule has 0 heterocycles. The zero-order valence-corrected chi connectivity index (χ0v) is 13.0. The zero-order chi connectivity index (χ0) is 11.1. The van der Waals surface area contributed by atoms with E-state index in [9.17, 15) is 0 Å². The van der Waals surface area contributed by atoms with E-state index in [1.165, 1.54) is 47.9 Å². The SMILES string of the molecule is C[CH2][Ge](/[CH]=C/C1CCCCC1)([CH2]C)[CH2]C. The minimum absolute atomic E-state index is 0.938. The Kier molecular flexibility index (Phi) is 6.03. The summed E-state index contributed by atoms with van der Waals surface area (Å²) in [6, 6.07) is 0. The molecule has 1 aliphatic rings. The van der Waals surface area contributed by atoms with Crippen LogP contribution in [-0.2, 0) is 0 Å². The van der Waals surface area contributed by atoms with E-state index < -0.39 is 13.3 Å². The van der Waals surface area contributed by atoms with Gasteiger partial charge in [0.1, 0.15) is 0 Å². The molecule has 0 bridgehead atoms. The summed E-state index contributed by atoms with van der Waals surface area (Å²) in [7, 11) is 0. The average molecular weight is 269 g/mol. The van der Waals surface area contributed by atoms with E-state index >= 15 is 0 Å². The normalized spacial score (nSPS) is 19.9. The van der Waals surface area contributed by atoms with E-state index in [0.717, 1.165) is 5.92 Å². The second-order valence-corrected chi connectivity index (χ2v) is 16.0. The standard InChI is InChI=1S/C14H28Ge/c1-4-15(5-2,6-3)13-12-14-10-8-7-9-11-14/h12-14H,4-11H2,1-3H3/b13-12+. The Morgan fingerprint density at radius 3 is 1.93 bits per heavy atom. The van der Waals surface area contributed by atoms with Crippen LogP contribution in [0, 0.1) is 5.92 Å². The molecule has 0 spiro atoms. The third-order valence-electron chi connectivity index (χ3n) is 4.48. The van der Waals surface area contributed by atoms with Crippen molar-refractivity contribution in [3.05, 3.63) is 11.0 Å². The van der Waals surface area contributed by atoms with Crippen molar-refractivity contribution < 1.29 is 0 Å². The van der Waals surface area contributed by atoms with Crippen molar-refractivity contribution in [1.82, 2.24) is 0 Å². The van der Waals surface area contributed by atoms with Crippen LogP contribution in [0.25, 0.3) is 0 Å². The van der Waals surface area contributed by atoms with E-state index in [0.29, 0.717) is 0 Å². The fourth-order valence-electron chi connectivity index (χ4n) is 2.77. The van der Waals surface area contributed by atoms with Crippen molar-refractivity contribution >= 4 is 13.3 Å². The van der Waals surface area contributed by atoms with Gasteiger partial charge in [0.15, 0.2) is 0 Å². The summed E-state index contributed by atoms with van der Waals surface area (Å²) in [5, 5.41) is 4.45. The second-order valence-electron chi connectivity index (χ2n) is 5.18. The summed E-state index contributed by atoms with van der Waals surface area (Å²) in [6.07, 6.45) is 9.97. The molecular formula is C14H28Ge. The molecule has 1 aliphatic carbocycles. The average Bonchev–Trinajstić information content (AvgIpc) is 2.33. The van der Waals surface area contributed by atoms with E-state index in [2.05, 4.69) is 31.8 Å². The van der Waals surface area contributed by atoms with Gasteiger partial charge in [-0.15, -0.1) is 0 Å². The maximum absolute atomic E-state index is 2.73. The molecule has 1 rings (SSSR count). The summed E-state index contributed by atoms with van der Waals surface area (Å²) in [6.45, 7) is 7.24. The molecule has 0 aromatic carbocycles. The Morgan fingerprint density at radius 1 is 0.933 bits per heavy atom. The molecule has 0 aliphatic heterocycles. The van der Waals surface area contributed by atoms with Crippen molar-refractivity contribution in [1.29, 1.82) is 0 Å². The van der Waals surface area contributed by atoms with Gasteiger partial charge in [-0.2, -0.15) is 0 Å². The molecule has 15 heavy (non-hydrogen) atoms. The summed E-state index contributed by atoms with van der Waals surface area (Å²) in [5.74, 6) is 0.938. The molecule has 1 fully saturated rings. The molecule has 0 amide bonds. The zero-order valence-electron chi connectivity index (χ0n) is 10.9. The fraction of sp³-hybridized carbons (Fsp3) is 0.857. The van der Waals surface area contributed by atoms with Gasteiger partial charge in [-0.1, -0.05) is 0 Å². The summed E-state index contributed by atoms with van der Waals surface area (Å²) < 4.78 is 0. The third-order valence-corrected chi connectivity index (χ3v) is 15.2. The molecule has 1 heteroatoms. The van der Waals surface area contributed by atoms with Crippen molar-refractivity contribution in [2.45, 2.75) is 68.6 Å². The van der Waals surface area contributed by atoms with Crippen LogP contribution in [0.2, 0.25) is 15.8 Å². The van der Waals surface area contributed by atoms with Gasteiger partial charge in [0.2, 0.25) is 0 Å². The van der Waals surface area contributed by atoms with Gasteiger partial charge in [-0.05, 0) is 0 Å². The van der Waals surface area contributed by atoms with Gasteiger partial charge in [-0.3, -0.25) is 0 Å². The molecule has 88 valence electrons. The first kappa shape index (κ1) is 13.3. The molecule has 0 aromatic heterocycles. The first-order chi connectivity index (χ1) is 7.26. The Balaban J connectivity index is 2.51. The predicted molar refractivity (Wildman–Crippen MR) is 72.9 cm³/mol. The Hall–Kier alpha value is 0.283. The van der Waals surface area contributed by atoms with Crippen LogP contribution < -0.4 is 0 Å². The van der Waals surface area contributed by atoms with Gasteiger partial charge in [-0.25, -0.2) is 0 Å². The molecule has 1 saturated carbocycles. The number of hydrogen-bond acceptors (Lipinski definition) is 0. The van der Waals surface area contributed by atoms with Crippen LogP contribution in [0.4, 0.5) is 0 Å². The Morgan fingerprint density at radius 2 is 1.47 bits per heavy atom. The molecule has 0 saturated heterocycles. The maximum atomic E-state index is 2.73. The number of allylic oxidation sites excluding steroid dienone is 1. The Labute approximate surface area is 98.9 Å². The van der Waals surface area contributed by atoms with Crippen molar-refractivity contribution in [3.8, 4) is 0 Å². The van der Waals surface area contributed by atoms with E-state index in [1.807, 2.05) is 0 Å². The van der Waals surface area contributed by atoms with Gasteiger partial charge in [0.25, 0.3) is 0 Å². The summed E-state index contributed by atoms with van der Waals surface area (Å²) in [5.41, 5.74) is 0. The summed E-state index contributed by atoms with van der Waals surface area (Å²) >= 11 is -1.50. The molecule has 0 aromatic rings. The second kappa shape index (κ2) is 6.78. The number of rotatable bonds is 5. The van der Waals surface area contributed by atoms with Gasteiger partial charge < -0.3 is 0 Å². The van der Waals surface area contributed by atoms with Crippen molar-refractivity contribution in [2.24, 2.45) is 5.92 Å². The van der Waals surface area contributed by atoms with E-state index in [4.69, 9.17) is 0 Å². The van der Waals surface area contributed by atoms with Crippen molar-refractivity contribution in [3.63, 3.8) is 0 Å². The molecule has 0 radical (unpaired) electrons. The van der Waals surface area contributed by atoms with Gasteiger partial charge >= 0.3 is 98.8 Å². The minimum atomic E-state index is -1.50. The fourth-order valence-corrected chi connectivity index (χ4v) is 8.83. The van der Waals surface area contributed by atoms with Crippen LogP contribution in [0.15, 0.2) is 11.0 Å². The predicted octanol–water partition coefficient (Wildman–Crippen LogP) is 5.17. The van der Waals surface area contributed by atoms with Crippen LogP contribution in [0.3, 0.4) is 0 Å². The quantitative estimate of drug-likeness (QED) is 0.604. The molecule has 0 unspecified atom stereocenters. The molecular weight excluding hydrogens is 241 g/mol. The van der Waals surface area contributed by atoms with Crippen LogP contribution in [-0.4, -0.2) is 13.3 Å². The van der Waals surface area contributed by atoms with Crippen LogP contribution in [0.1, 0.15) is 52.9 Å². The van der Waals surface area contributed by atoms with Gasteiger partial charge in [0.05, 0.1) is 0 Å². The van der Waals surface area contributed by atoms with Crippen LogP contribution in [0.5, 0.6) is 0 Å².